The Hall–Kier alpha value is -2.08. The molecular formula is C19H20O5. The van der Waals surface area contributed by atoms with Crippen LogP contribution in [0.1, 0.15) is 18.6 Å². The molecule has 2 aromatic rings. The van der Waals surface area contributed by atoms with Crippen molar-refractivity contribution in [2.45, 2.75) is 24.7 Å². The van der Waals surface area contributed by atoms with Gasteiger partial charge in [-0.1, -0.05) is 36.4 Å². The van der Waals surface area contributed by atoms with Crippen molar-refractivity contribution in [3.63, 3.8) is 0 Å². The van der Waals surface area contributed by atoms with Gasteiger partial charge in [0.15, 0.2) is 11.5 Å². The summed E-state index contributed by atoms with van der Waals surface area (Å²) in [5, 5.41) is 20.6. The fraction of sp³-hybridized carbons (Fsp3) is 0.368. The zero-order valence-electron chi connectivity index (χ0n) is 13.4. The Balaban J connectivity index is 1.79. The lowest BCUT2D eigenvalue weighted by molar-refractivity contribution is -0.00770. The third kappa shape index (κ3) is 2.86. The second-order valence-corrected chi connectivity index (χ2v) is 6.53. The van der Waals surface area contributed by atoms with Crippen LogP contribution in [0.5, 0.6) is 11.5 Å². The SMILES string of the molecule is CC1(C(OCC2CO2)c2c(-c3ccccc3)ccc(O)c2O)CO1. The van der Waals surface area contributed by atoms with E-state index in [-0.39, 0.29) is 17.6 Å². The summed E-state index contributed by atoms with van der Waals surface area (Å²) >= 11 is 0. The Morgan fingerprint density at radius 3 is 2.54 bits per heavy atom. The molecule has 0 aromatic heterocycles. The topological polar surface area (TPSA) is 74.8 Å². The number of aromatic hydroxyl groups is 2. The van der Waals surface area contributed by atoms with Crippen molar-refractivity contribution in [1.82, 2.24) is 0 Å². The van der Waals surface area contributed by atoms with Crippen LogP contribution >= 0.6 is 0 Å². The first kappa shape index (κ1) is 15.4. The number of hydrogen-bond acceptors (Lipinski definition) is 5. The molecule has 2 saturated heterocycles. The van der Waals surface area contributed by atoms with Gasteiger partial charge in [0, 0.05) is 5.56 Å². The highest BCUT2D eigenvalue weighted by molar-refractivity contribution is 5.73. The minimum atomic E-state index is -0.510. The first-order valence-corrected chi connectivity index (χ1v) is 8.06. The molecule has 3 unspecified atom stereocenters. The zero-order chi connectivity index (χ0) is 16.7. The van der Waals surface area contributed by atoms with Crippen molar-refractivity contribution >= 4 is 0 Å². The molecule has 2 aliphatic rings. The molecule has 2 N–H and O–H groups in total. The minimum absolute atomic E-state index is 0.106. The molecule has 2 fully saturated rings. The van der Waals surface area contributed by atoms with Gasteiger partial charge in [0.2, 0.25) is 0 Å². The smallest absolute Gasteiger partial charge is 0.164 e. The summed E-state index contributed by atoms with van der Waals surface area (Å²) in [4.78, 5) is 0. The second kappa shape index (κ2) is 5.77. The van der Waals surface area contributed by atoms with Crippen LogP contribution in [-0.2, 0) is 14.2 Å². The summed E-state index contributed by atoms with van der Waals surface area (Å²) in [6, 6.07) is 13.0. The quantitative estimate of drug-likeness (QED) is 0.630. The van der Waals surface area contributed by atoms with E-state index in [9.17, 15) is 10.2 Å². The van der Waals surface area contributed by atoms with Gasteiger partial charge >= 0.3 is 0 Å². The molecule has 0 spiro atoms. The van der Waals surface area contributed by atoms with Crippen LogP contribution in [0.4, 0.5) is 0 Å². The third-order valence-corrected chi connectivity index (χ3v) is 4.55. The van der Waals surface area contributed by atoms with E-state index in [2.05, 4.69) is 0 Å². The Morgan fingerprint density at radius 1 is 1.21 bits per heavy atom. The Kier molecular flexibility index (Phi) is 3.72. The standard InChI is InChI=1S/C19H20O5/c1-19(11-24-19)18(23-10-13-9-22-13)16-14(7-8-15(20)17(16)21)12-5-3-2-4-6-12/h2-8,13,18,20-21H,9-11H2,1H3. The fourth-order valence-corrected chi connectivity index (χ4v) is 2.93. The molecule has 5 nitrogen and oxygen atoms in total. The summed E-state index contributed by atoms with van der Waals surface area (Å²) < 4.78 is 16.9. The van der Waals surface area contributed by atoms with E-state index in [0.29, 0.717) is 25.4 Å². The molecule has 5 heteroatoms. The summed E-state index contributed by atoms with van der Waals surface area (Å²) in [5.74, 6) is -0.319. The lowest BCUT2D eigenvalue weighted by Gasteiger charge is -2.25. The molecule has 2 aromatic carbocycles. The lowest BCUT2D eigenvalue weighted by Crippen LogP contribution is -2.24. The molecule has 2 heterocycles. The van der Waals surface area contributed by atoms with Crippen LogP contribution < -0.4 is 0 Å². The maximum Gasteiger partial charge on any atom is 0.164 e. The van der Waals surface area contributed by atoms with E-state index in [4.69, 9.17) is 14.2 Å². The van der Waals surface area contributed by atoms with Crippen molar-refractivity contribution in [3.05, 3.63) is 48.0 Å². The van der Waals surface area contributed by atoms with E-state index < -0.39 is 11.7 Å². The monoisotopic (exact) mass is 328 g/mol. The minimum Gasteiger partial charge on any atom is -0.504 e. The van der Waals surface area contributed by atoms with Crippen molar-refractivity contribution in [2.24, 2.45) is 0 Å². The zero-order valence-corrected chi connectivity index (χ0v) is 13.4. The average molecular weight is 328 g/mol. The highest BCUT2D eigenvalue weighted by atomic mass is 16.6. The van der Waals surface area contributed by atoms with Gasteiger partial charge in [0.05, 0.1) is 19.8 Å². The van der Waals surface area contributed by atoms with Gasteiger partial charge in [0.1, 0.15) is 17.8 Å². The van der Waals surface area contributed by atoms with Gasteiger partial charge in [0.25, 0.3) is 0 Å². The van der Waals surface area contributed by atoms with Gasteiger partial charge in [-0.25, -0.2) is 0 Å². The lowest BCUT2D eigenvalue weighted by atomic mass is 9.89. The highest BCUT2D eigenvalue weighted by Gasteiger charge is 2.51. The predicted octanol–water partition coefficient (Wildman–Crippen LogP) is 3.01. The maximum atomic E-state index is 10.6. The first-order chi connectivity index (χ1) is 11.6. The molecule has 0 amide bonds. The number of hydrogen-bond donors (Lipinski definition) is 2. The van der Waals surface area contributed by atoms with Crippen LogP contribution in [0.3, 0.4) is 0 Å². The van der Waals surface area contributed by atoms with E-state index >= 15 is 0 Å². The van der Waals surface area contributed by atoms with Crippen molar-refractivity contribution in [2.75, 3.05) is 19.8 Å². The summed E-state index contributed by atoms with van der Waals surface area (Å²) in [6.07, 6.45) is -0.376. The second-order valence-electron chi connectivity index (χ2n) is 6.53. The molecule has 0 aliphatic carbocycles. The van der Waals surface area contributed by atoms with Gasteiger partial charge in [-0.3, -0.25) is 0 Å². The summed E-state index contributed by atoms with van der Waals surface area (Å²) in [6.45, 7) is 3.63. The molecule has 3 atom stereocenters. The number of rotatable bonds is 6. The molecule has 24 heavy (non-hydrogen) atoms. The molecule has 4 rings (SSSR count). The van der Waals surface area contributed by atoms with Crippen LogP contribution in [-0.4, -0.2) is 41.7 Å². The van der Waals surface area contributed by atoms with Crippen LogP contribution in [0.15, 0.2) is 42.5 Å². The predicted molar refractivity (Wildman–Crippen MR) is 88.0 cm³/mol. The molecule has 2 aliphatic heterocycles. The number of phenols is 2. The number of ether oxygens (including phenoxy) is 3. The van der Waals surface area contributed by atoms with Crippen LogP contribution in [0, 0.1) is 0 Å². The van der Waals surface area contributed by atoms with Crippen molar-refractivity contribution in [3.8, 4) is 22.6 Å². The summed E-state index contributed by atoms with van der Waals surface area (Å²) in [7, 11) is 0. The molecule has 126 valence electrons. The average Bonchev–Trinajstić information content (AvgIpc) is 3.51. The number of benzene rings is 2. The number of phenolic OH excluding ortho intramolecular Hbond substituents is 2. The van der Waals surface area contributed by atoms with Gasteiger partial charge in [-0.15, -0.1) is 0 Å². The van der Waals surface area contributed by atoms with E-state index in [1.165, 1.54) is 6.07 Å². The molecule has 0 bridgehead atoms. The molecule has 0 radical (unpaired) electrons. The van der Waals surface area contributed by atoms with Gasteiger partial charge in [-0.2, -0.15) is 0 Å². The van der Waals surface area contributed by atoms with Crippen molar-refractivity contribution < 1.29 is 24.4 Å². The Morgan fingerprint density at radius 2 is 1.92 bits per heavy atom. The Bertz CT molecular complexity index is 735. The van der Waals surface area contributed by atoms with Crippen molar-refractivity contribution in [1.29, 1.82) is 0 Å². The molecule has 0 saturated carbocycles. The van der Waals surface area contributed by atoms with Crippen LogP contribution in [0.25, 0.3) is 11.1 Å². The fourth-order valence-electron chi connectivity index (χ4n) is 2.93. The normalized spacial score (nSPS) is 26.1. The molecular weight excluding hydrogens is 308 g/mol. The van der Waals surface area contributed by atoms with E-state index in [0.717, 1.165) is 11.1 Å². The maximum absolute atomic E-state index is 10.6. The largest absolute Gasteiger partial charge is 0.504 e. The number of epoxide rings is 2. The first-order valence-electron chi connectivity index (χ1n) is 8.06. The van der Waals surface area contributed by atoms with Crippen LogP contribution in [0.2, 0.25) is 0 Å². The van der Waals surface area contributed by atoms with Gasteiger partial charge in [-0.05, 0) is 24.1 Å². The van der Waals surface area contributed by atoms with E-state index in [1.54, 1.807) is 6.07 Å². The van der Waals surface area contributed by atoms with Gasteiger partial charge < -0.3 is 24.4 Å². The summed E-state index contributed by atoms with van der Waals surface area (Å²) in [5.41, 5.74) is 1.82. The highest BCUT2D eigenvalue weighted by Crippen LogP contribution is 2.50. The van der Waals surface area contributed by atoms with E-state index in [1.807, 2.05) is 37.3 Å². The third-order valence-electron chi connectivity index (χ3n) is 4.55. The Labute approximate surface area is 140 Å².